The van der Waals surface area contributed by atoms with Gasteiger partial charge in [-0.1, -0.05) is 51.0 Å². The Labute approximate surface area is 529 Å². The van der Waals surface area contributed by atoms with Crippen molar-refractivity contribution in [1.29, 1.82) is 0 Å². The molecule has 0 spiro atoms. The first kappa shape index (κ1) is 75.0. The predicted molar refractivity (Wildman–Crippen MR) is 335 cm³/mol. The van der Waals surface area contributed by atoms with Crippen LogP contribution in [0.4, 0.5) is 4.79 Å². The van der Waals surface area contributed by atoms with Crippen LogP contribution in [0, 0.1) is 11.8 Å². The van der Waals surface area contributed by atoms with Crippen LogP contribution in [0.15, 0.2) is 35.5 Å². The number of thioether (sulfide) groups is 1. The largest absolute Gasteiger partial charge is 0.508 e. The molecular formula is C59H96N16O14S. The summed E-state index contributed by atoms with van der Waals surface area (Å²) in [6.45, 7) is 6.48. The number of benzene rings is 1. The highest BCUT2D eigenvalue weighted by Gasteiger charge is 2.42. The molecule has 2 aromatic rings. The molecule has 2 saturated heterocycles. The number of hydrogen-bond acceptors (Lipinski definition) is 19. The number of urea groups is 1. The van der Waals surface area contributed by atoms with Crippen molar-refractivity contribution in [2.24, 2.45) is 39.8 Å². The van der Waals surface area contributed by atoms with E-state index in [1.165, 1.54) is 35.9 Å². The highest BCUT2D eigenvalue weighted by atomic mass is 32.2. The number of carbonyl (C=O) groups excluding carboxylic acids is 10. The Balaban J connectivity index is 0.00000856. The molecule has 0 unspecified atom stereocenters. The second-order valence-corrected chi connectivity index (χ2v) is 23.5. The summed E-state index contributed by atoms with van der Waals surface area (Å²) in [5.41, 5.74) is 23.4. The number of fused-ring (bicyclic) bond motifs is 3. The fourth-order valence-corrected chi connectivity index (χ4v) is 11.7. The highest BCUT2D eigenvalue weighted by molar-refractivity contribution is 8.00. The summed E-state index contributed by atoms with van der Waals surface area (Å²) in [6.07, 6.45) is 5.87. The molecule has 31 heteroatoms. The number of aromatic hydroxyl groups is 1. The maximum absolute atomic E-state index is 14.3. The molecule has 2 fully saturated rings. The molecule has 1 aromatic heterocycles. The van der Waals surface area contributed by atoms with Crippen molar-refractivity contribution in [2.75, 3.05) is 71.6 Å². The van der Waals surface area contributed by atoms with Gasteiger partial charge in [-0.3, -0.25) is 52.8 Å². The topological polar surface area (TPSA) is 462 Å². The van der Waals surface area contributed by atoms with Crippen molar-refractivity contribution in [3.8, 4) is 5.75 Å². The number of primary amides is 1. The van der Waals surface area contributed by atoms with Gasteiger partial charge in [-0.15, -0.1) is 5.10 Å². The summed E-state index contributed by atoms with van der Waals surface area (Å²) in [5, 5.41) is 40.9. The summed E-state index contributed by atoms with van der Waals surface area (Å²) in [4.78, 5) is 138. The number of nitrogens with two attached hydrogens (primary N) is 4. The van der Waals surface area contributed by atoms with Gasteiger partial charge < -0.3 is 84.8 Å². The molecule has 0 aliphatic carbocycles. The lowest BCUT2D eigenvalue weighted by atomic mass is 9.95. The summed E-state index contributed by atoms with van der Waals surface area (Å²) >= 11 is 1.85. The van der Waals surface area contributed by atoms with Crippen molar-refractivity contribution in [1.82, 2.24) is 57.5 Å². The van der Waals surface area contributed by atoms with Crippen LogP contribution < -0.4 is 65.5 Å². The average Bonchev–Trinajstić information content (AvgIpc) is 2.37. The number of hydrogen-bond donors (Lipinski definition) is 13. The number of ether oxygens (including phenoxy) is 3. The number of phenols is 1. The third-order valence-electron chi connectivity index (χ3n) is 15.0. The zero-order valence-electron chi connectivity index (χ0n) is 52.1. The van der Waals surface area contributed by atoms with E-state index in [1.54, 1.807) is 6.20 Å². The minimum Gasteiger partial charge on any atom is -0.508 e. The number of aryl methyl sites for hydroxylation is 1. The second kappa shape index (κ2) is 41.7. The Morgan fingerprint density at radius 1 is 0.756 bits per heavy atom. The van der Waals surface area contributed by atoms with Crippen LogP contribution in [0.25, 0.3) is 0 Å². The first-order valence-corrected chi connectivity index (χ1v) is 32.3. The lowest BCUT2D eigenvalue weighted by Crippen LogP contribution is -2.58. The van der Waals surface area contributed by atoms with Gasteiger partial charge in [-0.2, -0.15) is 11.8 Å². The molecule has 2 bridgehead atoms. The molecule has 0 saturated carbocycles. The van der Waals surface area contributed by atoms with Crippen molar-refractivity contribution in [3.63, 3.8) is 0 Å². The summed E-state index contributed by atoms with van der Waals surface area (Å²) in [6, 6.07) is 0.951. The molecule has 9 atom stereocenters. The second-order valence-electron chi connectivity index (χ2n) is 22.2. The molecule has 17 N–H and O–H groups in total. The standard InChI is InChI=1S/C57H90N16O14S.C2H6/c1-35-27-46(76)43(65-49(78)33-87-26-25-86-24-23-85-22-20-62-48(77)13-3-2-12-47-50-45(34-88-47)69-57(84)70-50)30-38-32-73(72-71-38)21-7-5-9-37(51(59)79)29-40(75)31-64-53(81)41(11-8-19-63-56(60)61)67-55(83)44(28-36-14-16-39(74)17-15-36)68-54(82)42(66-52(35)80)10-4-6-18-58;1-2/h14-17,32,35,37,41-45,47,50,74H,2-13,18-31,33-34,58H2,1H3,(H2,59,79)(H,62,77)(H,64,81)(H,65,78)(H,66,80)(H,67,83)(H,68,82)(H4,60,61,63)(H2,69,70,84);1-2H3/t35-,37-,41+,42+,43+,44+,45-,47-,50-;/m1./s1. The normalized spacial score (nSPS) is 23.2. The Hall–Kier alpha value is -7.48. The van der Waals surface area contributed by atoms with Gasteiger partial charge in [0, 0.05) is 80.8 Å². The first-order chi connectivity index (χ1) is 43.3. The number of ketones is 2. The lowest BCUT2D eigenvalue weighted by molar-refractivity contribution is -0.135. The van der Waals surface area contributed by atoms with E-state index in [0.717, 1.165) is 25.0 Å². The number of amides is 9. The van der Waals surface area contributed by atoms with Crippen LogP contribution >= 0.6 is 11.8 Å². The number of aliphatic imine (C=N–C) groups is 1. The van der Waals surface area contributed by atoms with E-state index in [9.17, 15) is 53.1 Å². The van der Waals surface area contributed by atoms with Crippen LogP contribution in [0.1, 0.15) is 122 Å². The van der Waals surface area contributed by atoms with Gasteiger partial charge in [0.15, 0.2) is 17.5 Å². The van der Waals surface area contributed by atoms with Crippen molar-refractivity contribution >= 4 is 76.7 Å². The number of Topliss-reactive ketones (excluding diaryl/α,β-unsaturated/α-hetero) is 2. The molecule has 1 aromatic carbocycles. The van der Waals surface area contributed by atoms with E-state index in [4.69, 9.17) is 37.1 Å². The zero-order valence-corrected chi connectivity index (χ0v) is 53.0. The SMILES string of the molecule is CC.C[C@@H]1CC(=O)[C@@H](NC(=O)COCCOCCOCCNC(=O)CCCC[C@H]2SC[C@H]3NC(=O)N[C@H]32)Cc2cn(nn2)CCCC[C@@H](C(N)=O)CC(=O)CNC(=O)[C@H](CCCN=C(N)N)NC(=O)[C@H](Cc2ccc(O)cc2)NC(=O)[C@H](CCCCN)NC1=O. The molecule has 9 amide bonds. The van der Waals surface area contributed by atoms with Gasteiger partial charge >= 0.3 is 6.03 Å². The van der Waals surface area contributed by atoms with Crippen LogP contribution in [-0.2, 0) is 76.7 Å². The summed E-state index contributed by atoms with van der Waals surface area (Å²) < 4.78 is 18.2. The Morgan fingerprint density at radius 2 is 1.42 bits per heavy atom. The third kappa shape index (κ3) is 28.6. The fourth-order valence-electron chi connectivity index (χ4n) is 10.1. The van der Waals surface area contributed by atoms with Crippen LogP contribution in [0.5, 0.6) is 5.75 Å². The van der Waals surface area contributed by atoms with Gasteiger partial charge in [-0.05, 0) is 82.0 Å². The van der Waals surface area contributed by atoms with Gasteiger partial charge in [0.2, 0.25) is 41.4 Å². The third-order valence-corrected chi connectivity index (χ3v) is 16.5. The first-order valence-electron chi connectivity index (χ1n) is 31.2. The lowest BCUT2D eigenvalue weighted by Gasteiger charge is -2.26. The molecule has 30 nitrogen and oxygen atoms in total. The fraction of sp³-hybridized carbons (Fsp3) is 0.678. The predicted octanol–water partition coefficient (Wildman–Crippen LogP) is -1.24. The molecule has 3 aliphatic rings. The number of guanidine groups is 1. The van der Waals surface area contributed by atoms with E-state index in [-0.39, 0.29) is 127 Å². The number of aromatic nitrogens is 3. The van der Waals surface area contributed by atoms with Gasteiger partial charge in [-0.25, -0.2) is 4.79 Å². The number of unbranched alkanes of at least 4 members (excludes halogenated alkanes) is 2. The highest BCUT2D eigenvalue weighted by Crippen LogP contribution is 2.33. The quantitative estimate of drug-likeness (QED) is 0.0205. The average molecular weight is 1290 g/mol. The monoisotopic (exact) mass is 1280 g/mol. The van der Waals surface area contributed by atoms with Crippen LogP contribution in [0.3, 0.4) is 0 Å². The molecule has 4 heterocycles. The smallest absolute Gasteiger partial charge is 0.315 e. The van der Waals surface area contributed by atoms with Gasteiger partial charge in [0.25, 0.3) is 0 Å². The van der Waals surface area contributed by atoms with Crippen LogP contribution in [-0.4, -0.2) is 198 Å². The Morgan fingerprint density at radius 3 is 2.14 bits per heavy atom. The molecule has 502 valence electrons. The van der Waals surface area contributed by atoms with E-state index in [2.05, 4.69) is 57.8 Å². The minimum atomic E-state index is -1.38. The summed E-state index contributed by atoms with van der Waals surface area (Å²) in [7, 11) is 0. The van der Waals surface area contributed by atoms with Gasteiger partial charge in [0.05, 0.1) is 63.4 Å². The maximum Gasteiger partial charge on any atom is 0.315 e. The minimum absolute atomic E-state index is 0.0155. The molecular weight excluding hydrogens is 1190 g/mol. The van der Waals surface area contributed by atoms with E-state index < -0.39 is 103 Å². The molecule has 5 rings (SSSR count). The van der Waals surface area contributed by atoms with E-state index >= 15 is 0 Å². The maximum atomic E-state index is 14.3. The van der Waals surface area contributed by atoms with Crippen molar-refractivity contribution < 1.29 is 67.3 Å². The number of rotatable bonds is 28. The van der Waals surface area contributed by atoms with E-state index in [1.807, 2.05) is 25.6 Å². The van der Waals surface area contributed by atoms with E-state index in [0.29, 0.717) is 61.7 Å². The Bertz CT molecular complexity index is 2650. The Kier molecular flexibility index (Phi) is 34.8. The molecule has 0 radical (unpaired) electrons. The van der Waals surface area contributed by atoms with Gasteiger partial charge in [0.1, 0.15) is 30.5 Å². The summed E-state index contributed by atoms with van der Waals surface area (Å²) in [5.74, 6) is -6.76. The molecule has 3 aliphatic heterocycles. The number of nitrogens with one attached hydrogen (secondary N) is 8. The van der Waals surface area contributed by atoms with Crippen molar-refractivity contribution in [2.45, 2.75) is 172 Å². The number of carbonyl (C=O) groups is 10. The van der Waals surface area contributed by atoms with Crippen LogP contribution in [0.2, 0.25) is 0 Å². The number of nitrogens with zero attached hydrogens (tertiary/aromatic N) is 4. The number of phenolic OH excluding ortho intramolecular Hbond substituents is 1. The van der Waals surface area contributed by atoms with Crippen molar-refractivity contribution in [3.05, 3.63) is 41.7 Å². The molecule has 90 heavy (non-hydrogen) atoms. The zero-order chi connectivity index (χ0) is 65.8.